The zero-order valence-corrected chi connectivity index (χ0v) is 9.20. The third-order valence-corrected chi connectivity index (χ3v) is 1.90. The van der Waals surface area contributed by atoms with Crippen molar-refractivity contribution >= 4 is 12.2 Å². The van der Waals surface area contributed by atoms with Crippen molar-refractivity contribution in [1.29, 1.82) is 0 Å². The van der Waals surface area contributed by atoms with Crippen molar-refractivity contribution in [2.24, 2.45) is 5.92 Å². The van der Waals surface area contributed by atoms with Crippen LogP contribution in [0.1, 0.15) is 34.1 Å². The van der Waals surface area contributed by atoms with Gasteiger partial charge in [-0.15, -0.1) is 0 Å². The molecule has 0 saturated carbocycles. The van der Waals surface area contributed by atoms with Crippen LogP contribution in [0.4, 0.5) is 0 Å². The maximum Gasteiger partial charge on any atom is 0.207 e. The molecule has 0 aromatic carbocycles. The Morgan fingerprint density at radius 1 is 1.50 bits per heavy atom. The molecular formula is C10H19NO3. The van der Waals surface area contributed by atoms with Gasteiger partial charge in [0.25, 0.3) is 0 Å². The van der Waals surface area contributed by atoms with Crippen molar-refractivity contribution in [2.45, 2.75) is 45.8 Å². The maximum absolute atomic E-state index is 11.6. The molecule has 0 saturated heterocycles. The lowest BCUT2D eigenvalue weighted by atomic mass is 9.91. The third kappa shape index (κ3) is 4.37. The summed E-state index contributed by atoms with van der Waals surface area (Å²) in [6.07, 6.45) is 1.04. The number of hydrogen-bond donors (Lipinski definition) is 2. The number of Topliss-reactive ketones (excluding diaryl/α,β-unsaturated/α-hetero) is 1. The van der Waals surface area contributed by atoms with E-state index in [0.717, 1.165) is 0 Å². The van der Waals surface area contributed by atoms with E-state index in [1.54, 1.807) is 0 Å². The third-order valence-electron chi connectivity index (χ3n) is 1.90. The van der Waals surface area contributed by atoms with E-state index in [9.17, 15) is 14.7 Å². The predicted molar refractivity (Wildman–Crippen MR) is 53.7 cm³/mol. The fraction of sp³-hybridized carbons (Fsp3) is 0.800. The van der Waals surface area contributed by atoms with Gasteiger partial charge in [-0.2, -0.15) is 0 Å². The number of aliphatic hydroxyl groups is 1. The van der Waals surface area contributed by atoms with E-state index in [1.165, 1.54) is 13.8 Å². The maximum atomic E-state index is 11.6. The monoisotopic (exact) mass is 201 g/mol. The van der Waals surface area contributed by atoms with Crippen molar-refractivity contribution in [3.05, 3.63) is 0 Å². The highest BCUT2D eigenvalue weighted by atomic mass is 16.3. The fourth-order valence-corrected chi connectivity index (χ4v) is 1.23. The summed E-state index contributed by atoms with van der Waals surface area (Å²) in [5.41, 5.74) is -1.39. The molecule has 2 N–H and O–H groups in total. The lowest BCUT2D eigenvalue weighted by molar-refractivity contribution is -0.137. The van der Waals surface area contributed by atoms with Crippen LogP contribution in [0.3, 0.4) is 0 Å². The average molecular weight is 201 g/mol. The van der Waals surface area contributed by atoms with Gasteiger partial charge >= 0.3 is 0 Å². The SMILES string of the molecule is CC(C)CC(NC=O)C(=O)C(C)(C)O. The second-order valence-corrected chi connectivity index (χ2v) is 4.39. The average Bonchev–Trinajstić information content (AvgIpc) is 2.00. The van der Waals surface area contributed by atoms with E-state index in [4.69, 9.17) is 0 Å². The van der Waals surface area contributed by atoms with Gasteiger partial charge in [-0.05, 0) is 26.2 Å². The molecule has 1 unspecified atom stereocenters. The number of ketones is 1. The Morgan fingerprint density at radius 3 is 2.29 bits per heavy atom. The number of carbonyl (C=O) groups is 2. The summed E-state index contributed by atoms with van der Waals surface area (Å²) < 4.78 is 0. The Labute approximate surface area is 84.7 Å². The molecule has 0 aliphatic rings. The van der Waals surface area contributed by atoms with Crippen LogP contribution in [0.5, 0.6) is 0 Å². The molecular weight excluding hydrogens is 182 g/mol. The smallest absolute Gasteiger partial charge is 0.207 e. The molecule has 14 heavy (non-hydrogen) atoms. The van der Waals surface area contributed by atoms with Crippen LogP contribution in [0.25, 0.3) is 0 Å². The first-order chi connectivity index (χ1) is 6.29. The number of amides is 1. The Hall–Kier alpha value is -0.900. The van der Waals surface area contributed by atoms with Gasteiger partial charge in [0.1, 0.15) is 5.60 Å². The molecule has 0 spiro atoms. The molecule has 0 aliphatic heterocycles. The summed E-state index contributed by atoms with van der Waals surface area (Å²) in [6, 6.07) is -0.590. The molecule has 0 bridgehead atoms. The minimum atomic E-state index is -1.39. The molecule has 4 nitrogen and oxygen atoms in total. The fourth-order valence-electron chi connectivity index (χ4n) is 1.23. The summed E-state index contributed by atoms with van der Waals surface area (Å²) in [6.45, 7) is 6.76. The van der Waals surface area contributed by atoms with Crippen LogP contribution in [0, 0.1) is 5.92 Å². The number of carbonyl (C=O) groups excluding carboxylic acids is 2. The zero-order chi connectivity index (χ0) is 11.4. The van der Waals surface area contributed by atoms with Crippen LogP contribution in [-0.2, 0) is 9.59 Å². The number of nitrogens with one attached hydrogen (secondary N) is 1. The highest BCUT2D eigenvalue weighted by Gasteiger charge is 2.31. The van der Waals surface area contributed by atoms with Crippen LogP contribution in [0.2, 0.25) is 0 Å². The summed E-state index contributed by atoms with van der Waals surface area (Å²) in [5, 5.41) is 11.9. The lowest BCUT2D eigenvalue weighted by Gasteiger charge is -2.24. The summed E-state index contributed by atoms with van der Waals surface area (Å²) in [5.74, 6) is -0.0583. The first-order valence-corrected chi connectivity index (χ1v) is 4.75. The predicted octanol–water partition coefficient (Wildman–Crippen LogP) is 0.487. The van der Waals surface area contributed by atoms with Gasteiger partial charge < -0.3 is 10.4 Å². The molecule has 0 aliphatic carbocycles. The van der Waals surface area contributed by atoms with E-state index in [0.29, 0.717) is 18.7 Å². The minimum Gasteiger partial charge on any atom is -0.383 e. The largest absolute Gasteiger partial charge is 0.383 e. The molecule has 1 amide bonds. The second-order valence-electron chi connectivity index (χ2n) is 4.39. The van der Waals surface area contributed by atoms with E-state index in [1.807, 2.05) is 13.8 Å². The molecule has 0 aromatic rings. The van der Waals surface area contributed by atoms with Crippen molar-refractivity contribution in [1.82, 2.24) is 5.32 Å². The number of rotatable bonds is 6. The Morgan fingerprint density at radius 2 is 2.00 bits per heavy atom. The topological polar surface area (TPSA) is 66.4 Å². The van der Waals surface area contributed by atoms with Gasteiger partial charge in [0.05, 0.1) is 6.04 Å². The molecule has 0 aromatic heterocycles. The highest BCUT2D eigenvalue weighted by Crippen LogP contribution is 2.12. The minimum absolute atomic E-state index is 0.291. The standard InChI is InChI=1S/C10H19NO3/c1-7(2)5-8(11-6-12)9(13)10(3,4)14/h6-8,14H,5H2,1-4H3,(H,11,12). The van der Waals surface area contributed by atoms with E-state index in [-0.39, 0.29) is 5.78 Å². The van der Waals surface area contributed by atoms with Gasteiger partial charge in [-0.25, -0.2) is 0 Å². The van der Waals surface area contributed by atoms with Gasteiger partial charge in [-0.3, -0.25) is 9.59 Å². The van der Waals surface area contributed by atoms with Crippen molar-refractivity contribution in [3.63, 3.8) is 0 Å². The van der Waals surface area contributed by atoms with Gasteiger partial charge in [0.15, 0.2) is 5.78 Å². The van der Waals surface area contributed by atoms with Gasteiger partial charge in [0, 0.05) is 0 Å². The molecule has 0 rings (SSSR count). The summed E-state index contributed by atoms with van der Waals surface area (Å²) in [7, 11) is 0. The molecule has 0 fully saturated rings. The second kappa shape index (κ2) is 5.10. The highest BCUT2D eigenvalue weighted by molar-refractivity contribution is 5.92. The van der Waals surface area contributed by atoms with Crippen LogP contribution < -0.4 is 5.32 Å². The Kier molecular flexibility index (Phi) is 4.77. The molecule has 0 radical (unpaired) electrons. The van der Waals surface area contributed by atoms with Crippen LogP contribution in [-0.4, -0.2) is 28.9 Å². The normalized spacial score (nSPS) is 13.9. The summed E-state index contributed by atoms with van der Waals surface area (Å²) in [4.78, 5) is 21.9. The Bertz CT molecular complexity index is 206. The number of hydrogen-bond acceptors (Lipinski definition) is 3. The quantitative estimate of drug-likeness (QED) is 0.614. The molecule has 82 valence electrons. The zero-order valence-electron chi connectivity index (χ0n) is 9.20. The van der Waals surface area contributed by atoms with Crippen molar-refractivity contribution < 1.29 is 14.7 Å². The van der Waals surface area contributed by atoms with Gasteiger partial charge in [-0.1, -0.05) is 13.8 Å². The van der Waals surface area contributed by atoms with Gasteiger partial charge in [0.2, 0.25) is 6.41 Å². The molecule has 4 heteroatoms. The van der Waals surface area contributed by atoms with Crippen LogP contribution >= 0.6 is 0 Å². The first kappa shape index (κ1) is 13.1. The molecule has 1 atom stereocenters. The first-order valence-electron chi connectivity index (χ1n) is 4.75. The van der Waals surface area contributed by atoms with Crippen LogP contribution in [0.15, 0.2) is 0 Å². The van der Waals surface area contributed by atoms with Crippen molar-refractivity contribution in [3.8, 4) is 0 Å². The van der Waals surface area contributed by atoms with E-state index < -0.39 is 11.6 Å². The summed E-state index contributed by atoms with van der Waals surface area (Å²) >= 11 is 0. The van der Waals surface area contributed by atoms with Crippen molar-refractivity contribution in [2.75, 3.05) is 0 Å². The lowest BCUT2D eigenvalue weighted by Crippen LogP contribution is -2.47. The van der Waals surface area contributed by atoms with E-state index in [2.05, 4.69) is 5.32 Å². The Balaban J connectivity index is 4.48. The van der Waals surface area contributed by atoms with E-state index >= 15 is 0 Å². The molecule has 0 heterocycles.